The average Bonchev–Trinajstić information content (AvgIpc) is 2.67. The second-order valence-corrected chi connectivity index (χ2v) is 8.44. The number of halogens is 1. The van der Waals surface area contributed by atoms with Crippen LogP contribution in [0.4, 0.5) is 5.69 Å². The number of benzene rings is 2. The fraction of sp³-hybridized carbons (Fsp3) is 0.391. The highest BCUT2D eigenvalue weighted by Gasteiger charge is 2.26. The number of nitro groups is 1. The summed E-state index contributed by atoms with van der Waals surface area (Å²) in [6, 6.07) is 7.09. The minimum Gasteiger partial charge on any atom is -0.354 e. The lowest BCUT2D eigenvalue weighted by Crippen LogP contribution is -2.50. The Morgan fingerprint density at radius 3 is 2.23 bits per heavy atom. The topological polar surface area (TPSA) is 101 Å². The first-order chi connectivity index (χ1) is 14.5. The highest BCUT2D eigenvalue weighted by molar-refractivity contribution is 6.34. The van der Waals surface area contributed by atoms with Gasteiger partial charge in [0.1, 0.15) is 6.04 Å². The lowest BCUT2D eigenvalue weighted by molar-refractivity contribution is -0.384. The molecule has 1 atom stereocenters. The van der Waals surface area contributed by atoms with Gasteiger partial charge < -0.3 is 10.6 Å². The van der Waals surface area contributed by atoms with Crippen molar-refractivity contribution in [1.82, 2.24) is 10.6 Å². The lowest BCUT2D eigenvalue weighted by Gasteiger charge is -2.22. The molecule has 2 aromatic rings. The van der Waals surface area contributed by atoms with Crippen LogP contribution in [0.25, 0.3) is 0 Å². The third kappa shape index (κ3) is 6.28. The van der Waals surface area contributed by atoms with Crippen molar-refractivity contribution in [2.45, 2.75) is 47.1 Å². The Hall–Kier alpha value is -2.93. The second-order valence-electron chi connectivity index (χ2n) is 8.03. The first kappa shape index (κ1) is 24.3. The quantitative estimate of drug-likeness (QED) is 0.467. The summed E-state index contributed by atoms with van der Waals surface area (Å²) in [5, 5.41) is 16.4. The minimum absolute atomic E-state index is 0.0417. The van der Waals surface area contributed by atoms with Crippen LogP contribution in [-0.2, 0) is 11.2 Å². The Bertz CT molecular complexity index is 981. The summed E-state index contributed by atoms with van der Waals surface area (Å²) in [6.45, 7) is 10.3. The van der Waals surface area contributed by atoms with Gasteiger partial charge in [-0.2, -0.15) is 0 Å². The van der Waals surface area contributed by atoms with Gasteiger partial charge in [-0.05, 0) is 55.9 Å². The van der Waals surface area contributed by atoms with Crippen LogP contribution in [0.5, 0.6) is 0 Å². The number of rotatable bonds is 8. The average molecular weight is 446 g/mol. The van der Waals surface area contributed by atoms with E-state index in [4.69, 9.17) is 11.6 Å². The van der Waals surface area contributed by atoms with Crippen molar-refractivity contribution in [2.75, 3.05) is 6.54 Å². The fourth-order valence-corrected chi connectivity index (χ4v) is 3.84. The summed E-state index contributed by atoms with van der Waals surface area (Å²) in [5.41, 5.74) is 4.66. The van der Waals surface area contributed by atoms with Gasteiger partial charge >= 0.3 is 0 Å². The van der Waals surface area contributed by atoms with Crippen molar-refractivity contribution in [1.29, 1.82) is 0 Å². The number of nitrogens with zero attached hydrogens (tertiary/aromatic N) is 1. The van der Waals surface area contributed by atoms with E-state index >= 15 is 0 Å². The molecule has 0 bridgehead atoms. The van der Waals surface area contributed by atoms with Crippen LogP contribution < -0.4 is 10.6 Å². The van der Waals surface area contributed by atoms with Gasteiger partial charge in [-0.1, -0.05) is 43.1 Å². The van der Waals surface area contributed by atoms with Crippen LogP contribution >= 0.6 is 11.6 Å². The van der Waals surface area contributed by atoms with Crippen molar-refractivity contribution < 1.29 is 14.5 Å². The maximum Gasteiger partial charge on any atom is 0.270 e. The number of nitrogens with one attached hydrogen (secondary N) is 2. The van der Waals surface area contributed by atoms with E-state index in [1.54, 1.807) is 0 Å². The van der Waals surface area contributed by atoms with Crippen LogP contribution in [0.1, 0.15) is 46.5 Å². The molecule has 2 aromatic carbocycles. The largest absolute Gasteiger partial charge is 0.354 e. The molecule has 0 aliphatic carbocycles. The molecule has 0 spiro atoms. The summed E-state index contributed by atoms with van der Waals surface area (Å²) >= 11 is 6.04. The van der Waals surface area contributed by atoms with Gasteiger partial charge in [0, 0.05) is 18.7 Å². The Balaban J connectivity index is 2.04. The molecule has 31 heavy (non-hydrogen) atoms. The molecule has 1 unspecified atom stereocenters. The SMILES string of the molecule is Cc1cc(C)c(CCNC(=O)C(NC(=O)c2ccc([N+](=O)[O-])cc2Cl)C(C)C)c(C)c1. The van der Waals surface area contributed by atoms with Crippen LogP contribution in [0, 0.1) is 36.8 Å². The van der Waals surface area contributed by atoms with E-state index in [0.717, 1.165) is 6.07 Å². The van der Waals surface area contributed by atoms with E-state index in [0.29, 0.717) is 13.0 Å². The number of non-ortho nitro benzene ring substituents is 1. The number of hydrogen-bond acceptors (Lipinski definition) is 4. The van der Waals surface area contributed by atoms with Gasteiger partial charge in [0.2, 0.25) is 5.91 Å². The highest BCUT2D eigenvalue weighted by Crippen LogP contribution is 2.23. The van der Waals surface area contributed by atoms with Crippen LogP contribution in [-0.4, -0.2) is 29.3 Å². The number of carbonyl (C=O) groups excluding carboxylic acids is 2. The molecule has 2 rings (SSSR count). The fourth-order valence-electron chi connectivity index (χ4n) is 3.58. The molecule has 0 aliphatic heterocycles. The molecule has 0 radical (unpaired) electrons. The molecule has 0 heterocycles. The first-order valence-electron chi connectivity index (χ1n) is 10.1. The third-order valence-electron chi connectivity index (χ3n) is 5.16. The molecule has 0 aromatic heterocycles. The molecule has 7 nitrogen and oxygen atoms in total. The van der Waals surface area contributed by atoms with E-state index in [-0.39, 0.29) is 28.1 Å². The standard InChI is InChI=1S/C23H28ClN3O4/c1-13(2)21(26-22(28)19-7-6-17(27(30)31)12-20(19)24)23(29)25-9-8-18-15(4)10-14(3)11-16(18)5/h6-7,10-13,21H,8-9H2,1-5H3,(H,25,29)(H,26,28). The normalized spacial score (nSPS) is 11.8. The predicted molar refractivity (Wildman–Crippen MR) is 122 cm³/mol. The predicted octanol–water partition coefficient (Wildman–Crippen LogP) is 4.29. The molecular formula is C23H28ClN3O4. The molecule has 0 saturated carbocycles. The summed E-state index contributed by atoms with van der Waals surface area (Å²) in [4.78, 5) is 35.6. The van der Waals surface area contributed by atoms with Crippen LogP contribution in [0.3, 0.4) is 0 Å². The zero-order valence-corrected chi connectivity index (χ0v) is 19.2. The van der Waals surface area contributed by atoms with Gasteiger partial charge in [0.25, 0.3) is 11.6 Å². The first-order valence-corrected chi connectivity index (χ1v) is 10.5. The van der Waals surface area contributed by atoms with E-state index < -0.39 is 16.9 Å². The maximum absolute atomic E-state index is 12.7. The Morgan fingerprint density at radius 2 is 1.71 bits per heavy atom. The minimum atomic E-state index is -0.765. The maximum atomic E-state index is 12.7. The van der Waals surface area contributed by atoms with Crippen molar-refractivity contribution in [3.05, 3.63) is 73.3 Å². The van der Waals surface area contributed by atoms with E-state index in [9.17, 15) is 19.7 Å². The van der Waals surface area contributed by atoms with Gasteiger partial charge in [0.05, 0.1) is 15.5 Å². The lowest BCUT2D eigenvalue weighted by atomic mass is 9.97. The highest BCUT2D eigenvalue weighted by atomic mass is 35.5. The molecule has 8 heteroatoms. The Kier molecular flexibility index (Phi) is 8.16. The monoisotopic (exact) mass is 445 g/mol. The number of nitro benzene ring substituents is 1. The second kappa shape index (κ2) is 10.4. The van der Waals surface area contributed by atoms with Crippen molar-refractivity contribution in [3.63, 3.8) is 0 Å². The van der Waals surface area contributed by atoms with Gasteiger partial charge in [-0.3, -0.25) is 19.7 Å². The zero-order chi connectivity index (χ0) is 23.3. The number of amides is 2. The Labute approximate surface area is 187 Å². The zero-order valence-electron chi connectivity index (χ0n) is 18.4. The van der Waals surface area contributed by atoms with Crippen molar-refractivity contribution >= 4 is 29.1 Å². The smallest absolute Gasteiger partial charge is 0.270 e. The molecule has 2 amide bonds. The Morgan fingerprint density at radius 1 is 1.10 bits per heavy atom. The molecule has 0 aliphatic rings. The van der Waals surface area contributed by atoms with Crippen molar-refractivity contribution in [3.8, 4) is 0 Å². The van der Waals surface area contributed by atoms with Gasteiger partial charge in [-0.15, -0.1) is 0 Å². The molecular weight excluding hydrogens is 418 g/mol. The van der Waals surface area contributed by atoms with E-state index in [1.165, 1.54) is 34.4 Å². The third-order valence-corrected chi connectivity index (χ3v) is 5.47. The molecule has 0 fully saturated rings. The van der Waals surface area contributed by atoms with Crippen LogP contribution in [0.15, 0.2) is 30.3 Å². The summed E-state index contributed by atoms with van der Waals surface area (Å²) < 4.78 is 0. The number of carbonyl (C=O) groups is 2. The summed E-state index contributed by atoms with van der Waals surface area (Å²) in [7, 11) is 0. The van der Waals surface area contributed by atoms with E-state index in [2.05, 4.69) is 43.5 Å². The molecule has 2 N–H and O–H groups in total. The van der Waals surface area contributed by atoms with Gasteiger partial charge in [-0.25, -0.2) is 0 Å². The summed E-state index contributed by atoms with van der Waals surface area (Å²) in [6.07, 6.45) is 0.691. The molecule has 0 saturated heterocycles. The number of aryl methyl sites for hydroxylation is 3. The van der Waals surface area contributed by atoms with Crippen LogP contribution in [0.2, 0.25) is 5.02 Å². The number of hydrogen-bond donors (Lipinski definition) is 2. The van der Waals surface area contributed by atoms with Gasteiger partial charge in [0.15, 0.2) is 0 Å². The molecule has 166 valence electrons. The summed E-state index contributed by atoms with van der Waals surface area (Å²) in [5.74, 6) is -1.01. The van der Waals surface area contributed by atoms with Crippen molar-refractivity contribution in [2.24, 2.45) is 5.92 Å². The van der Waals surface area contributed by atoms with E-state index in [1.807, 2.05) is 13.8 Å².